The molecular weight excluding hydrogens is 430 g/mol. The summed E-state index contributed by atoms with van der Waals surface area (Å²) in [5.41, 5.74) is 7.10. The van der Waals surface area contributed by atoms with Gasteiger partial charge in [0, 0.05) is 27.5 Å². The summed E-state index contributed by atoms with van der Waals surface area (Å²) in [7, 11) is 0. The number of hydrogen-bond donors (Lipinski definition) is 2. The maximum Gasteiger partial charge on any atom is 0.309 e. The van der Waals surface area contributed by atoms with Gasteiger partial charge >= 0.3 is 5.97 Å². The second-order valence-electron chi connectivity index (χ2n) is 9.36. The lowest BCUT2D eigenvalue weighted by atomic mass is 9.81. The van der Waals surface area contributed by atoms with Crippen molar-refractivity contribution in [3.05, 3.63) is 81.8 Å². The van der Waals surface area contributed by atoms with Crippen LogP contribution in [0, 0.1) is 0 Å². The van der Waals surface area contributed by atoms with Crippen LogP contribution in [-0.2, 0) is 10.2 Å². The number of phenols is 1. The minimum absolute atomic E-state index is 0.0959. The monoisotopic (exact) mass is 458 g/mol. The van der Waals surface area contributed by atoms with Crippen molar-refractivity contribution in [3.63, 3.8) is 0 Å². The van der Waals surface area contributed by atoms with Gasteiger partial charge in [-0.15, -0.1) is 0 Å². The number of carbonyl (C=O) groups is 1. The lowest BCUT2D eigenvalue weighted by Gasteiger charge is -2.26. The fourth-order valence-corrected chi connectivity index (χ4v) is 6.37. The highest BCUT2D eigenvalue weighted by atomic mass is 32.2. The molecule has 0 bridgehead atoms. The van der Waals surface area contributed by atoms with Crippen LogP contribution in [0.25, 0.3) is 6.08 Å². The molecule has 0 unspecified atom stereocenters. The van der Waals surface area contributed by atoms with Gasteiger partial charge in [-0.05, 0) is 68.0 Å². The molecule has 0 atom stereocenters. The molecule has 0 amide bonds. The van der Waals surface area contributed by atoms with Gasteiger partial charge in [-0.3, -0.25) is 4.79 Å². The van der Waals surface area contributed by atoms with E-state index in [0.717, 1.165) is 35.6 Å². The highest BCUT2D eigenvalue weighted by Crippen LogP contribution is 2.48. The Morgan fingerprint density at radius 1 is 1.15 bits per heavy atom. The van der Waals surface area contributed by atoms with Gasteiger partial charge in [-0.2, -0.15) is 4.58 Å². The number of fused-ring (bicyclic) bond motifs is 3. The lowest BCUT2D eigenvalue weighted by Crippen LogP contribution is -2.28. The molecule has 2 aromatic rings. The molecule has 0 spiro atoms. The van der Waals surface area contributed by atoms with Crippen LogP contribution in [0.15, 0.2) is 75.6 Å². The molecule has 168 valence electrons. The number of rotatable bonds is 5. The molecule has 2 aliphatic heterocycles. The Morgan fingerprint density at radius 2 is 1.97 bits per heavy atom. The van der Waals surface area contributed by atoms with Gasteiger partial charge in [0.2, 0.25) is 5.69 Å². The van der Waals surface area contributed by atoms with Gasteiger partial charge in [-0.25, -0.2) is 0 Å². The van der Waals surface area contributed by atoms with Gasteiger partial charge in [0.25, 0.3) is 0 Å². The first-order chi connectivity index (χ1) is 15.8. The average molecular weight is 459 g/mol. The van der Waals surface area contributed by atoms with E-state index in [4.69, 9.17) is 0 Å². The van der Waals surface area contributed by atoms with Crippen LogP contribution in [0.4, 0.5) is 5.69 Å². The number of allylic oxidation sites excluding steroid dienone is 4. The summed E-state index contributed by atoms with van der Waals surface area (Å²) in [6.07, 6.45) is 9.99. The van der Waals surface area contributed by atoms with E-state index in [1.54, 1.807) is 17.8 Å². The van der Waals surface area contributed by atoms with Crippen LogP contribution in [0.5, 0.6) is 5.75 Å². The number of thioether (sulfide) groups is 1. The number of hydrogen-bond acceptors (Lipinski definition) is 3. The number of carboxylic acids is 1. The largest absolute Gasteiger partial charge is 0.508 e. The predicted molar refractivity (Wildman–Crippen MR) is 133 cm³/mol. The van der Waals surface area contributed by atoms with E-state index >= 15 is 0 Å². The van der Waals surface area contributed by atoms with Crippen LogP contribution >= 0.6 is 11.8 Å². The van der Waals surface area contributed by atoms with Crippen LogP contribution in [0.2, 0.25) is 0 Å². The number of aliphatic carboxylic acids is 1. The minimum atomic E-state index is -0.784. The molecule has 1 aliphatic carbocycles. The topological polar surface area (TPSA) is 60.5 Å². The van der Waals surface area contributed by atoms with E-state index in [-0.39, 0.29) is 11.8 Å². The van der Waals surface area contributed by atoms with Gasteiger partial charge in [-0.1, -0.05) is 42.1 Å². The van der Waals surface area contributed by atoms with E-state index in [2.05, 4.69) is 54.9 Å². The van der Waals surface area contributed by atoms with Crippen molar-refractivity contribution in [2.24, 2.45) is 0 Å². The molecule has 33 heavy (non-hydrogen) atoms. The number of para-hydroxylation sites is 1. The molecule has 0 saturated carbocycles. The molecule has 2 aromatic carbocycles. The van der Waals surface area contributed by atoms with Crippen molar-refractivity contribution >= 4 is 35.2 Å². The predicted octanol–water partition coefficient (Wildman–Crippen LogP) is 6.43. The van der Waals surface area contributed by atoms with Crippen LogP contribution in [0.3, 0.4) is 0 Å². The summed E-state index contributed by atoms with van der Waals surface area (Å²) in [5, 5.41) is 19.3. The molecule has 4 nitrogen and oxygen atoms in total. The van der Waals surface area contributed by atoms with Gasteiger partial charge < -0.3 is 10.2 Å². The normalized spacial score (nSPS) is 18.8. The highest BCUT2D eigenvalue weighted by molar-refractivity contribution is 8.03. The van der Waals surface area contributed by atoms with E-state index < -0.39 is 5.97 Å². The minimum Gasteiger partial charge on any atom is -0.508 e. The van der Waals surface area contributed by atoms with E-state index in [1.807, 2.05) is 18.2 Å². The zero-order valence-electron chi connectivity index (χ0n) is 19.0. The molecule has 2 heterocycles. The lowest BCUT2D eigenvalue weighted by molar-refractivity contribution is -0.436. The average Bonchev–Trinajstić information content (AvgIpc) is 3.01. The molecular formula is C28H28NO3S+. The fourth-order valence-electron chi connectivity index (χ4n) is 5.13. The van der Waals surface area contributed by atoms with Gasteiger partial charge in [0.15, 0.2) is 12.3 Å². The molecule has 3 aliphatic rings. The Hall–Kier alpha value is -3.05. The Morgan fingerprint density at radius 3 is 2.79 bits per heavy atom. The number of nitrogens with zero attached hydrogens (tertiary/aromatic N) is 1. The summed E-state index contributed by atoms with van der Waals surface area (Å²) >= 11 is 1.75. The van der Waals surface area contributed by atoms with E-state index in [9.17, 15) is 15.0 Å². The summed E-state index contributed by atoms with van der Waals surface area (Å²) < 4.78 is 2.17. The second-order valence-corrected chi connectivity index (χ2v) is 10.4. The first-order valence-corrected chi connectivity index (χ1v) is 12.3. The third-order valence-electron chi connectivity index (χ3n) is 6.81. The third kappa shape index (κ3) is 3.95. The number of benzene rings is 2. The van der Waals surface area contributed by atoms with Crippen molar-refractivity contribution in [2.45, 2.75) is 49.8 Å². The first kappa shape index (κ1) is 21.8. The fraction of sp³-hybridized carbons (Fsp3) is 0.286. The van der Waals surface area contributed by atoms with Crippen LogP contribution in [0.1, 0.15) is 50.7 Å². The zero-order valence-corrected chi connectivity index (χ0v) is 19.8. The molecule has 5 rings (SSSR count). The Kier molecular flexibility index (Phi) is 5.53. The van der Waals surface area contributed by atoms with Crippen molar-refractivity contribution in [1.29, 1.82) is 0 Å². The smallest absolute Gasteiger partial charge is 0.309 e. The Labute approximate surface area is 198 Å². The first-order valence-electron chi connectivity index (χ1n) is 11.4. The molecule has 0 aromatic heterocycles. The van der Waals surface area contributed by atoms with Gasteiger partial charge in [0.05, 0.1) is 5.41 Å². The zero-order chi connectivity index (χ0) is 23.2. The quantitative estimate of drug-likeness (QED) is 0.507. The number of aromatic hydroxyl groups is 1. The Bertz CT molecular complexity index is 1280. The standard InChI is InChI=1S/C28H27NO3S/c1-28(2)22-8-3-4-9-23(22)29(15-14-26(31)32)25(28)13-11-18-6-5-7-20-16-19-10-12-21(30)17-24(19)33-27(18)20/h3-4,8-13,16-17H,5-7,14-15H2,1-2H3,(H,31,32)/p+1. The maximum absolute atomic E-state index is 11.3. The summed E-state index contributed by atoms with van der Waals surface area (Å²) in [6.45, 7) is 4.88. The highest BCUT2D eigenvalue weighted by Gasteiger charge is 2.44. The Balaban J connectivity index is 1.56. The molecule has 0 fully saturated rings. The van der Waals surface area contributed by atoms with E-state index in [1.165, 1.54) is 27.2 Å². The van der Waals surface area contributed by atoms with Crippen LogP contribution < -0.4 is 0 Å². The number of phenolic OH excluding ortho intramolecular Hbond substituents is 1. The summed E-state index contributed by atoms with van der Waals surface area (Å²) in [6, 6.07) is 13.9. The molecule has 0 radical (unpaired) electrons. The number of carboxylic acid groups (broad SMARTS) is 1. The van der Waals surface area contributed by atoms with Crippen LogP contribution in [-0.4, -0.2) is 33.0 Å². The van der Waals surface area contributed by atoms with Crippen molar-refractivity contribution in [2.75, 3.05) is 6.54 Å². The van der Waals surface area contributed by atoms with Crippen molar-refractivity contribution < 1.29 is 19.6 Å². The second kappa shape index (κ2) is 8.38. The maximum atomic E-state index is 11.3. The SMILES string of the molecule is CC1(C)C(C=CC2=C3Sc4cc(O)ccc4C=C3CCC2)=[N+](CCC(=O)O)c2ccccc21. The van der Waals surface area contributed by atoms with Crippen molar-refractivity contribution in [3.8, 4) is 5.75 Å². The molecule has 2 N–H and O–H groups in total. The van der Waals surface area contributed by atoms with Crippen molar-refractivity contribution in [1.82, 2.24) is 0 Å². The van der Waals surface area contributed by atoms with E-state index in [0.29, 0.717) is 12.3 Å². The third-order valence-corrected chi connectivity index (χ3v) is 8.11. The molecule has 5 heteroatoms. The summed E-state index contributed by atoms with van der Waals surface area (Å²) in [5.74, 6) is -0.491. The van der Waals surface area contributed by atoms with Gasteiger partial charge in [0.1, 0.15) is 12.2 Å². The summed E-state index contributed by atoms with van der Waals surface area (Å²) in [4.78, 5) is 13.7. The molecule has 0 saturated heterocycles.